The van der Waals surface area contributed by atoms with Crippen LogP contribution in [0.15, 0.2) is 24.4 Å². The minimum Gasteiger partial charge on any atom is -0.304 e. The Hall–Kier alpha value is -1.91. The number of urea groups is 1. The van der Waals surface area contributed by atoms with Gasteiger partial charge >= 0.3 is 6.03 Å². The minimum absolute atomic E-state index is 0.270. The quantitative estimate of drug-likeness (QED) is 0.752. The van der Waals surface area contributed by atoms with E-state index in [2.05, 4.69) is 10.3 Å². The molecule has 2 heterocycles. The van der Waals surface area contributed by atoms with Crippen LogP contribution in [0.25, 0.3) is 0 Å². The van der Waals surface area contributed by atoms with Gasteiger partial charge in [-0.2, -0.15) is 0 Å². The van der Waals surface area contributed by atoms with Crippen molar-refractivity contribution in [3.8, 4) is 0 Å². The van der Waals surface area contributed by atoms with Crippen LogP contribution in [0.2, 0.25) is 0 Å². The molecule has 0 radical (unpaired) electrons. The lowest BCUT2D eigenvalue weighted by atomic mass is 10.0. The smallest absolute Gasteiger partial charge is 0.304 e. The van der Waals surface area contributed by atoms with Gasteiger partial charge in [0.1, 0.15) is 5.54 Å². The summed E-state index contributed by atoms with van der Waals surface area (Å²) in [5.74, 6) is -0.270. The van der Waals surface area contributed by atoms with Crippen molar-refractivity contribution in [3.63, 3.8) is 0 Å². The zero-order valence-corrected chi connectivity index (χ0v) is 9.23. The fraction of sp³-hybridized carbons (Fsp3) is 0.364. The molecule has 1 aromatic rings. The van der Waals surface area contributed by atoms with Gasteiger partial charge in [0.15, 0.2) is 0 Å². The summed E-state index contributed by atoms with van der Waals surface area (Å²) in [6.07, 6.45) is 1.66. The Morgan fingerprint density at radius 3 is 2.62 bits per heavy atom. The topological polar surface area (TPSA) is 62.3 Å². The van der Waals surface area contributed by atoms with E-state index < -0.39 is 5.54 Å². The number of pyridine rings is 1. The predicted molar refractivity (Wildman–Crippen MR) is 57.4 cm³/mol. The van der Waals surface area contributed by atoms with E-state index in [-0.39, 0.29) is 11.9 Å². The van der Waals surface area contributed by atoms with E-state index in [4.69, 9.17) is 0 Å². The number of hydrogen-bond acceptors (Lipinski definition) is 3. The molecule has 0 spiro atoms. The Morgan fingerprint density at radius 2 is 2.12 bits per heavy atom. The summed E-state index contributed by atoms with van der Waals surface area (Å²) >= 11 is 0. The number of aromatic nitrogens is 1. The molecule has 0 bridgehead atoms. The number of imide groups is 1. The van der Waals surface area contributed by atoms with Crippen LogP contribution in [0.5, 0.6) is 0 Å². The van der Waals surface area contributed by atoms with Gasteiger partial charge in [0, 0.05) is 6.20 Å². The van der Waals surface area contributed by atoms with Gasteiger partial charge in [-0.3, -0.25) is 15.1 Å². The molecule has 1 aliphatic rings. The van der Waals surface area contributed by atoms with E-state index in [1.807, 2.05) is 18.2 Å². The van der Waals surface area contributed by atoms with E-state index >= 15 is 0 Å². The molecule has 0 saturated carbocycles. The zero-order valence-electron chi connectivity index (χ0n) is 9.23. The first kappa shape index (κ1) is 10.6. The van der Waals surface area contributed by atoms with Gasteiger partial charge in [-0.1, -0.05) is 6.07 Å². The second-order valence-corrected chi connectivity index (χ2v) is 4.23. The van der Waals surface area contributed by atoms with E-state index in [0.29, 0.717) is 6.54 Å². The van der Waals surface area contributed by atoms with E-state index in [0.717, 1.165) is 5.69 Å². The zero-order chi connectivity index (χ0) is 11.8. The molecule has 1 saturated heterocycles. The lowest BCUT2D eigenvalue weighted by Gasteiger charge is -2.27. The van der Waals surface area contributed by atoms with Crippen molar-refractivity contribution < 1.29 is 9.59 Å². The number of amides is 3. The van der Waals surface area contributed by atoms with Gasteiger partial charge in [0.05, 0.1) is 12.2 Å². The first-order valence-corrected chi connectivity index (χ1v) is 5.05. The number of rotatable bonds is 2. The third-order valence-electron chi connectivity index (χ3n) is 2.74. The van der Waals surface area contributed by atoms with Crippen molar-refractivity contribution in [1.82, 2.24) is 15.2 Å². The lowest BCUT2D eigenvalue weighted by Crippen LogP contribution is -2.43. The largest absolute Gasteiger partial charge is 0.325 e. The summed E-state index contributed by atoms with van der Waals surface area (Å²) in [5.41, 5.74) is -0.0466. The fourth-order valence-corrected chi connectivity index (χ4v) is 1.62. The second-order valence-electron chi connectivity index (χ2n) is 4.23. The first-order valence-electron chi connectivity index (χ1n) is 5.05. The Morgan fingerprint density at radius 1 is 1.38 bits per heavy atom. The third-order valence-corrected chi connectivity index (χ3v) is 2.74. The summed E-state index contributed by atoms with van der Waals surface area (Å²) in [5, 5.41) is 2.30. The number of hydrogen-bond donors (Lipinski definition) is 1. The third kappa shape index (κ3) is 1.64. The number of carbonyl (C=O) groups excluding carboxylic acids is 2. The standard InChI is InChI=1S/C11H13N3O2/c1-11(2)9(15)13-10(16)14(11)7-8-5-3-4-6-12-8/h3-6H,7H2,1-2H3,(H,13,15,16). The Bertz CT molecular complexity index is 428. The molecule has 0 unspecified atom stereocenters. The van der Waals surface area contributed by atoms with Crippen molar-refractivity contribution in [3.05, 3.63) is 30.1 Å². The van der Waals surface area contributed by atoms with Gasteiger partial charge in [-0.15, -0.1) is 0 Å². The predicted octanol–water partition coefficient (Wildman–Crippen LogP) is 0.912. The highest BCUT2D eigenvalue weighted by Gasteiger charge is 2.45. The molecule has 1 aliphatic heterocycles. The molecule has 0 aromatic carbocycles. The van der Waals surface area contributed by atoms with Gasteiger partial charge in [0.25, 0.3) is 5.91 Å². The molecule has 1 fully saturated rings. The lowest BCUT2D eigenvalue weighted by molar-refractivity contribution is -0.125. The molecule has 0 aliphatic carbocycles. The molecule has 2 rings (SSSR count). The molecule has 5 nitrogen and oxygen atoms in total. The van der Waals surface area contributed by atoms with Gasteiger partial charge in [-0.05, 0) is 26.0 Å². The Labute approximate surface area is 93.5 Å². The molecular weight excluding hydrogens is 206 g/mol. The summed E-state index contributed by atoms with van der Waals surface area (Å²) in [6.45, 7) is 3.78. The molecule has 5 heteroatoms. The van der Waals surface area contributed by atoms with Crippen molar-refractivity contribution in [2.75, 3.05) is 0 Å². The highest BCUT2D eigenvalue weighted by atomic mass is 16.2. The maximum Gasteiger partial charge on any atom is 0.325 e. The van der Waals surface area contributed by atoms with Crippen molar-refractivity contribution in [2.24, 2.45) is 0 Å². The SMILES string of the molecule is CC1(C)C(=O)NC(=O)N1Cc1ccccn1. The Kier molecular flexibility index (Phi) is 2.38. The monoisotopic (exact) mass is 219 g/mol. The number of nitrogens with one attached hydrogen (secondary N) is 1. The molecular formula is C11H13N3O2. The highest BCUT2D eigenvalue weighted by Crippen LogP contribution is 2.22. The number of carbonyl (C=O) groups is 2. The van der Waals surface area contributed by atoms with Gasteiger partial charge in [-0.25, -0.2) is 4.79 Å². The normalized spacial score (nSPS) is 18.8. The van der Waals surface area contributed by atoms with Crippen LogP contribution in [0.3, 0.4) is 0 Å². The van der Waals surface area contributed by atoms with E-state index in [1.54, 1.807) is 20.0 Å². The van der Waals surface area contributed by atoms with E-state index in [1.165, 1.54) is 4.90 Å². The van der Waals surface area contributed by atoms with E-state index in [9.17, 15) is 9.59 Å². The maximum absolute atomic E-state index is 11.6. The van der Waals surface area contributed by atoms with Crippen LogP contribution in [0.1, 0.15) is 19.5 Å². The van der Waals surface area contributed by atoms with Crippen LogP contribution in [0, 0.1) is 0 Å². The molecule has 1 aromatic heterocycles. The summed E-state index contributed by atoms with van der Waals surface area (Å²) in [7, 11) is 0. The van der Waals surface area contributed by atoms with Crippen LogP contribution < -0.4 is 5.32 Å². The minimum atomic E-state index is -0.811. The van der Waals surface area contributed by atoms with Crippen molar-refractivity contribution in [2.45, 2.75) is 25.9 Å². The molecule has 16 heavy (non-hydrogen) atoms. The average molecular weight is 219 g/mol. The van der Waals surface area contributed by atoms with Gasteiger partial charge < -0.3 is 4.90 Å². The average Bonchev–Trinajstić information content (AvgIpc) is 2.43. The van der Waals surface area contributed by atoms with Crippen LogP contribution in [-0.4, -0.2) is 27.4 Å². The number of nitrogens with zero attached hydrogens (tertiary/aromatic N) is 2. The maximum atomic E-state index is 11.6. The molecule has 1 N–H and O–H groups in total. The Balaban J connectivity index is 2.22. The first-order chi connectivity index (χ1) is 7.51. The molecule has 0 atom stereocenters. The van der Waals surface area contributed by atoms with Gasteiger partial charge in [0.2, 0.25) is 0 Å². The summed E-state index contributed by atoms with van der Waals surface area (Å²) < 4.78 is 0. The highest BCUT2D eigenvalue weighted by molar-refractivity contribution is 6.06. The van der Waals surface area contributed by atoms with Crippen LogP contribution >= 0.6 is 0 Å². The second kappa shape index (κ2) is 3.59. The van der Waals surface area contributed by atoms with Crippen molar-refractivity contribution in [1.29, 1.82) is 0 Å². The summed E-state index contributed by atoms with van der Waals surface area (Å²) in [6, 6.07) is 5.13. The summed E-state index contributed by atoms with van der Waals surface area (Å²) in [4.78, 5) is 28.7. The molecule has 3 amide bonds. The fourth-order valence-electron chi connectivity index (χ4n) is 1.62. The van der Waals surface area contributed by atoms with Crippen LogP contribution in [0.4, 0.5) is 4.79 Å². The van der Waals surface area contributed by atoms with Crippen LogP contribution in [-0.2, 0) is 11.3 Å². The van der Waals surface area contributed by atoms with Crippen molar-refractivity contribution >= 4 is 11.9 Å². The molecule has 84 valence electrons.